The van der Waals surface area contributed by atoms with Crippen molar-refractivity contribution in [2.45, 2.75) is 6.42 Å². The van der Waals surface area contributed by atoms with Gasteiger partial charge in [0.05, 0.1) is 12.1 Å². The lowest BCUT2D eigenvalue weighted by atomic mass is 10.2. The van der Waals surface area contributed by atoms with Gasteiger partial charge in [0.25, 0.3) is 0 Å². The summed E-state index contributed by atoms with van der Waals surface area (Å²) >= 11 is 1.35. The smallest absolute Gasteiger partial charge is 0.228 e. The molecule has 1 fully saturated rings. The Bertz CT molecular complexity index is 650. The van der Waals surface area contributed by atoms with Crippen molar-refractivity contribution in [3.8, 4) is 0 Å². The number of aromatic nitrogens is 1. The highest BCUT2D eigenvalue weighted by atomic mass is 32.1. The summed E-state index contributed by atoms with van der Waals surface area (Å²) in [4.78, 5) is 20.4. The van der Waals surface area contributed by atoms with Gasteiger partial charge in [-0.15, -0.1) is 11.3 Å². The van der Waals surface area contributed by atoms with Crippen molar-refractivity contribution < 1.29 is 9.18 Å². The monoisotopic (exact) mass is 320 g/mol. The zero-order chi connectivity index (χ0) is 15.5. The predicted molar refractivity (Wildman–Crippen MR) is 85.4 cm³/mol. The third kappa shape index (κ3) is 3.36. The summed E-state index contributed by atoms with van der Waals surface area (Å²) in [5, 5.41) is 2.31. The standard InChI is InChI=1S/C15H17FN4OS/c16-11-1-3-13(4-2-11)19-5-7-20(8-6-19)14(21)9-12-10-22-15(17)18-12/h1-4,10H,5-9H2,(H2,17,18). The van der Waals surface area contributed by atoms with Crippen LogP contribution in [-0.2, 0) is 11.2 Å². The molecule has 2 N–H and O–H groups in total. The molecule has 2 heterocycles. The van der Waals surface area contributed by atoms with Crippen LogP contribution >= 0.6 is 11.3 Å². The Kier molecular flexibility index (Phi) is 4.24. The molecule has 7 heteroatoms. The van der Waals surface area contributed by atoms with Crippen LogP contribution in [0, 0.1) is 5.82 Å². The van der Waals surface area contributed by atoms with E-state index in [9.17, 15) is 9.18 Å². The first kappa shape index (κ1) is 14.8. The molecule has 0 saturated carbocycles. The molecular weight excluding hydrogens is 303 g/mol. The van der Waals surface area contributed by atoms with E-state index >= 15 is 0 Å². The maximum Gasteiger partial charge on any atom is 0.228 e. The molecule has 0 aliphatic carbocycles. The second-order valence-electron chi connectivity index (χ2n) is 5.20. The molecule has 1 aromatic carbocycles. The van der Waals surface area contributed by atoms with Crippen LogP contribution in [-0.4, -0.2) is 42.0 Å². The number of nitrogen functional groups attached to an aromatic ring is 1. The molecule has 1 saturated heterocycles. The molecule has 0 radical (unpaired) electrons. The van der Waals surface area contributed by atoms with Crippen molar-refractivity contribution in [3.63, 3.8) is 0 Å². The van der Waals surface area contributed by atoms with E-state index < -0.39 is 0 Å². The number of benzene rings is 1. The Morgan fingerprint density at radius 2 is 1.91 bits per heavy atom. The summed E-state index contributed by atoms with van der Waals surface area (Å²) in [7, 11) is 0. The summed E-state index contributed by atoms with van der Waals surface area (Å²) < 4.78 is 12.9. The van der Waals surface area contributed by atoms with E-state index in [2.05, 4.69) is 9.88 Å². The average Bonchev–Trinajstić information content (AvgIpc) is 2.93. The molecule has 1 amide bonds. The number of nitrogens with zero attached hydrogens (tertiary/aromatic N) is 3. The van der Waals surface area contributed by atoms with Gasteiger partial charge in [-0.25, -0.2) is 9.37 Å². The molecule has 0 spiro atoms. The number of carbonyl (C=O) groups excluding carboxylic acids is 1. The highest BCUT2D eigenvalue weighted by molar-refractivity contribution is 7.13. The minimum atomic E-state index is -0.236. The minimum absolute atomic E-state index is 0.0732. The van der Waals surface area contributed by atoms with Crippen LogP contribution in [0.5, 0.6) is 0 Å². The van der Waals surface area contributed by atoms with Crippen molar-refractivity contribution in [1.29, 1.82) is 0 Å². The minimum Gasteiger partial charge on any atom is -0.375 e. The van der Waals surface area contributed by atoms with Crippen LogP contribution in [0.1, 0.15) is 5.69 Å². The van der Waals surface area contributed by atoms with Gasteiger partial charge in [0.15, 0.2) is 5.13 Å². The third-order valence-corrected chi connectivity index (χ3v) is 4.45. The van der Waals surface area contributed by atoms with E-state index in [1.165, 1.54) is 23.5 Å². The van der Waals surface area contributed by atoms with Crippen molar-refractivity contribution in [2.75, 3.05) is 36.8 Å². The fourth-order valence-corrected chi connectivity index (χ4v) is 3.10. The lowest BCUT2D eigenvalue weighted by molar-refractivity contribution is -0.130. The summed E-state index contributed by atoms with van der Waals surface area (Å²) in [5.74, 6) is -0.163. The molecular formula is C15H17FN4OS. The molecule has 1 aromatic heterocycles. The summed E-state index contributed by atoms with van der Waals surface area (Å²) in [6, 6.07) is 6.45. The molecule has 116 valence electrons. The number of piperazine rings is 1. The highest BCUT2D eigenvalue weighted by Gasteiger charge is 2.22. The van der Waals surface area contributed by atoms with E-state index in [0.717, 1.165) is 24.5 Å². The summed E-state index contributed by atoms with van der Waals surface area (Å²) in [5.41, 5.74) is 7.29. The predicted octanol–water partition coefficient (Wildman–Crippen LogP) is 1.76. The number of rotatable bonds is 3. The van der Waals surface area contributed by atoms with Gasteiger partial charge in [0.1, 0.15) is 5.82 Å². The number of amides is 1. The molecule has 2 aromatic rings. The second-order valence-corrected chi connectivity index (χ2v) is 6.09. The van der Waals surface area contributed by atoms with Gasteiger partial charge >= 0.3 is 0 Å². The molecule has 1 aliphatic heterocycles. The normalized spacial score (nSPS) is 15.1. The zero-order valence-corrected chi connectivity index (χ0v) is 12.9. The van der Waals surface area contributed by atoms with Crippen LogP contribution in [0.15, 0.2) is 29.6 Å². The lowest BCUT2D eigenvalue weighted by Gasteiger charge is -2.36. The first-order valence-corrected chi connectivity index (χ1v) is 7.98. The molecule has 5 nitrogen and oxygen atoms in total. The largest absolute Gasteiger partial charge is 0.375 e. The van der Waals surface area contributed by atoms with Crippen LogP contribution < -0.4 is 10.6 Å². The first-order valence-electron chi connectivity index (χ1n) is 7.10. The average molecular weight is 320 g/mol. The number of thiazole rings is 1. The maximum atomic E-state index is 12.9. The number of hydrogen-bond donors (Lipinski definition) is 1. The highest BCUT2D eigenvalue weighted by Crippen LogP contribution is 2.18. The Hall–Kier alpha value is -2.15. The topological polar surface area (TPSA) is 62.5 Å². The van der Waals surface area contributed by atoms with E-state index in [1.807, 2.05) is 10.3 Å². The Labute approximate surface area is 132 Å². The van der Waals surface area contributed by atoms with Crippen molar-refractivity contribution >= 4 is 28.1 Å². The first-order chi connectivity index (χ1) is 10.6. The van der Waals surface area contributed by atoms with Gasteiger partial charge in [-0.3, -0.25) is 4.79 Å². The molecule has 0 bridgehead atoms. The molecule has 22 heavy (non-hydrogen) atoms. The summed E-state index contributed by atoms with van der Waals surface area (Å²) in [6.07, 6.45) is 0.296. The van der Waals surface area contributed by atoms with Gasteiger partial charge in [0, 0.05) is 37.2 Å². The molecule has 3 rings (SSSR count). The van der Waals surface area contributed by atoms with Crippen molar-refractivity contribution in [2.24, 2.45) is 0 Å². The second kappa shape index (κ2) is 6.31. The number of carbonyl (C=O) groups is 1. The number of hydrogen-bond acceptors (Lipinski definition) is 5. The van der Waals surface area contributed by atoms with Gasteiger partial charge in [0.2, 0.25) is 5.91 Å². The molecule has 1 aliphatic rings. The van der Waals surface area contributed by atoms with Gasteiger partial charge in [-0.2, -0.15) is 0 Å². The number of anilines is 2. The van der Waals surface area contributed by atoms with E-state index in [0.29, 0.717) is 24.6 Å². The van der Waals surface area contributed by atoms with E-state index in [1.54, 1.807) is 12.1 Å². The Morgan fingerprint density at radius 1 is 1.23 bits per heavy atom. The lowest BCUT2D eigenvalue weighted by Crippen LogP contribution is -2.49. The zero-order valence-electron chi connectivity index (χ0n) is 12.0. The Balaban J connectivity index is 1.54. The van der Waals surface area contributed by atoms with Crippen LogP contribution in [0.2, 0.25) is 0 Å². The van der Waals surface area contributed by atoms with Gasteiger partial charge in [-0.05, 0) is 24.3 Å². The maximum absolute atomic E-state index is 12.9. The number of nitrogens with two attached hydrogens (primary N) is 1. The fraction of sp³-hybridized carbons (Fsp3) is 0.333. The molecule has 0 atom stereocenters. The van der Waals surface area contributed by atoms with Gasteiger partial charge < -0.3 is 15.5 Å². The Morgan fingerprint density at radius 3 is 2.50 bits per heavy atom. The van der Waals surface area contributed by atoms with Crippen LogP contribution in [0.4, 0.5) is 15.2 Å². The molecule has 0 unspecified atom stereocenters. The van der Waals surface area contributed by atoms with Crippen LogP contribution in [0.3, 0.4) is 0 Å². The van der Waals surface area contributed by atoms with Crippen molar-refractivity contribution in [3.05, 3.63) is 41.2 Å². The SMILES string of the molecule is Nc1nc(CC(=O)N2CCN(c3ccc(F)cc3)CC2)cs1. The number of halogens is 1. The quantitative estimate of drug-likeness (QED) is 0.936. The fourth-order valence-electron chi connectivity index (χ4n) is 2.54. The van der Waals surface area contributed by atoms with E-state index in [4.69, 9.17) is 5.73 Å². The van der Waals surface area contributed by atoms with Crippen LogP contribution in [0.25, 0.3) is 0 Å². The van der Waals surface area contributed by atoms with Gasteiger partial charge in [-0.1, -0.05) is 0 Å². The van der Waals surface area contributed by atoms with Crippen molar-refractivity contribution in [1.82, 2.24) is 9.88 Å². The third-order valence-electron chi connectivity index (χ3n) is 3.73. The summed E-state index contributed by atoms with van der Waals surface area (Å²) in [6.45, 7) is 2.82. The van der Waals surface area contributed by atoms with E-state index in [-0.39, 0.29) is 11.7 Å².